The smallest absolute Gasteiger partial charge is 0.260 e. The van der Waals surface area contributed by atoms with Crippen LogP contribution in [-0.2, 0) is 9.53 Å². The lowest BCUT2D eigenvalue weighted by atomic mass is 9.92. The Morgan fingerprint density at radius 2 is 2.24 bits per heavy atom. The highest BCUT2D eigenvalue weighted by Crippen LogP contribution is 2.45. The summed E-state index contributed by atoms with van der Waals surface area (Å²) in [5.41, 5.74) is -1.67. The summed E-state index contributed by atoms with van der Waals surface area (Å²) in [5.74, 6) is 0.322. The number of amides is 1. The third-order valence-electron chi connectivity index (χ3n) is 4.54. The summed E-state index contributed by atoms with van der Waals surface area (Å²) in [4.78, 5) is 13.6. The molecule has 2 unspecified atom stereocenters. The van der Waals surface area contributed by atoms with Crippen molar-refractivity contribution in [2.75, 3.05) is 19.7 Å². The van der Waals surface area contributed by atoms with Crippen LogP contribution in [0.4, 0.5) is 4.39 Å². The van der Waals surface area contributed by atoms with Gasteiger partial charge in [-0.1, -0.05) is 13.3 Å². The minimum Gasteiger partial charge on any atom is -0.373 e. The molecule has 1 aliphatic carbocycles. The highest BCUT2D eigenvalue weighted by molar-refractivity contribution is 5.88. The number of alkyl halides is 1. The number of hydrogen-bond acceptors (Lipinski definition) is 2. The monoisotopic (exact) mass is 241 g/mol. The normalized spacial score (nSPS) is 38.9. The summed E-state index contributed by atoms with van der Waals surface area (Å²) in [6.45, 7) is 4.25. The van der Waals surface area contributed by atoms with E-state index in [-0.39, 0.29) is 11.5 Å². The molecule has 3 aliphatic rings. The van der Waals surface area contributed by atoms with E-state index in [0.29, 0.717) is 31.8 Å². The lowest BCUT2D eigenvalue weighted by Crippen LogP contribution is -2.40. The van der Waals surface area contributed by atoms with Crippen LogP contribution in [0.25, 0.3) is 0 Å². The average Bonchev–Trinajstić information content (AvgIpc) is 2.82. The molecule has 1 amide bonds. The maximum Gasteiger partial charge on any atom is 0.260 e. The van der Waals surface area contributed by atoms with E-state index in [4.69, 9.17) is 4.74 Å². The van der Waals surface area contributed by atoms with Crippen LogP contribution in [0.2, 0.25) is 0 Å². The molecule has 4 heteroatoms. The summed E-state index contributed by atoms with van der Waals surface area (Å²) >= 11 is 0. The van der Waals surface area contributed by atoms with E-state index >= 15 is 0 Å². The van der Waals surface area contributed by atoms with Crippen LogP contribution < -0.4 is 0 Å². The predicted molar refractivity (Wildman–Crippen MR) is 61.4 cm³/mol. The number of carbonyl (C=O) groups excluding carboxylic acids is 1. The molecule has 0 aromatic heterocycles. The first-order chi connectivity index (χ1) is 8.07. The average molecular weight is 241 g/mol. The van der Waals surface area contributed by atoms with Gasteiger partial charge < -0.3 is 9.64 Å². The van der Waals surface area contributed by atoms with Crippen molar-refractivity contribution in [3.63, 3.8) is 0 Å². The molecule has 2 atom stereocenters. The van der Waals surface area contributed by atoms with Crippen molar-refractivity contribution in [3.8, 4) is 0 Å². The number of ether oxygens (including phenoxy) is 1. The van der Waals surface area contributed by atoms with Gasteiger partial charge in [-0.25, -0.2) is 4.39 Å². The fourth-order valence-corrected chi connectivity index (χ4v) is 3.11. The Bertz CT molecular complexity index is 342. The van der Waals surface area contributed by atoms with Gasteiger partial charge in [0, 0.05) is 13.1 Å². The van der Waals surface area contributed by atoms with Gasteiger partial charge in [0.05, 0.1) is 12.2 Å². The molecule has 3 rings (SSSR count). The molecule has 2 heterocycles. The molecule has 1 spiro atoms. The third kappa shape index (κ3) is 1.86. The molecule has 3 nitrogen and oxygen atoms in total. The van der Waals surface area contributed by atoms with E-state index in [0.717, 1.165) is 25.9 Å². The molecule has 96 valence electrons. The summed E-state index contributed by atoms with van der Waals surface area (Å²) in [5, 5.41) is 0. The van der Waals surface area contributed by atoms with E-state index < -0.39 is 5.67 Å². The molecule has 17 heavy (non-hydrogen) atoms. The molecule has 2 saturated heterocycles. The zero-order chi connectivity index (χ0) is 12.1. The van der Waals surface area contributed by atoms with Gasteiger partial charge in [0.25, 0.3) is 5.91 Å². The Labute approximate surface area is 101 Å². The third-order valence-corrected chi connectivity index (χ3v) is 4.54. The summed E-state index contributed by atoms with van der Waals surface area (Å²) in [7, 11) is 0. The second kappa shape index (κ2) is 3.67. The van der Waals surface area contributed by atoms with E-state index in [2.05, 4.69) is 6.92 Å². The van der Waals surface area contributed by atoms with Gasteiger partial charge in [-0.3, -0.25) is 4.79 Å². The van der Waals surface area contributed by atoms with Gasteiger partial charge >= 0.3 is 0 Å². The maximum atomic E-state index is 13.7. The van der Waals surface area contributed by atoms with Crippen molar-refractivity contribution in [2.45, 2.75) is 50.3 Å². The van der Waals surface area contributed by atoms with Gasteiger partial charge in [0.2, 0.25) is 0 Å². The molecule has 0 aromatic rings. The highest BCUT2D eigenvalue weighted by atomic mass is 19.1. The van der Waals surface area contributed by atoms with Crippen molar-refractivity contribution < 1.29 is 13.9 Å². The van der Waals surface area contributed by atoms with Crippen LogP contribution >= 0.6 is 0 Å². The van der Waals surface area contributed by atoms with Crippen LogP contribution in [-0.4, -0.2) is 41.8 Å². The number of rotatable bonds is 2. The summed E-state index contributed by atoms with van der Waals surface area (Å²) in [6, 6.07) is 0. The van der Waals surface area contributed by atoms with E-state index in [1.807, 2.05) is 0 Å². The molecule has 0 bridgehead atoms. The second-order valence-electron chi connectivity index (χ2n) is 5.91. The second-order valence-corrected chi connectivity index (χ2v) is 5.91. The Kier molecular flexibility index (Phi) is 2.47. The van der Waals surface area contributed by atoms with Crippen molar-refractivity contribution in [1.82, 2.24) is 4.90 Å². The lowest BCUT2D eigenvalue weighted by molar-refractivity contribution is -0.138. The van der Waals surface area contributed by atoms with Crippen LogP contribution in [0.3, 0.4) is 0 Å². The van der Waals surface area contributed by atoms with Gasteiger partial charge in [0.1, 0.15) is 0 Å². The highest BCUT2D eigenvalue weighted by Gasteiger charge is 2.56. The van der Waals surface area contributed by atoms with Crippen LogP contribution in [0.15, 0.2) is 0 Å². The van der Waals surface area contributed by atoms with Crippen LogP contribution in [0.5, 0.6) is 0 Å². The molecular weight excluding hydrogens is 221 g/mol. The molecule has 0 aromatic carbocycles. The standard InChI is InChI=1S/C13H20FNO2/c1-2-10-7-12(17-8-10)5-6-15(9-12)11(16)13(14)3-4-13/h10H,2-9H2,1H3. The predicted octanol–water partition coefficient (Wildman–Crippen LogP) is 1.91. The SMILES string of the molecule is CCC1COC2(CCN(C(=O)C3(F)CC3)C2)C1. The molecule has 2 aliphatic heterocycles. The van der Waals surface area contributed by atoms with Gasteiger partial charge in [-0.05, 0) is 31.6 Å². The van der Waals surface area contributed by atoms with Crippen molar-refractivity contribution in [2.24, 2.45) is 5.92 Å². The summed E-state index contributed by atoms with van der Waals surface area (Å²) < 4.78 is 19.6. The zero-order valence-electron chi connectivity index (χ0n) is 10.4. The van der Waals surface area contributed by atoms with E-state index in [1.54, 1.807) is 4.90 Å². The van der Waals surface area contributed by atoms with Crippen molar-refractivity contribution >= 4 is 5.91 Å². The Hall–Kier alpha value is -0.640. The maximum absolute atomic E-state index is 13.7. The largest absolute Gasteiger partial charge is 0.373 e. The van der Waals surface area contributed by atoms with Gasteiger partial charge in [-0.15, -0.1) is 0 Å². The van der Waals surface area contributed by atoms with Gasteiger partial charge in [-0.2, -0.15) is 0 Å². The first-order valence-electron chi connectivity index (χ1n) is 6.69. The lowest BCUT2D eigenvalue weighted by Gasteiger charge is -2.24. The molecule has 0 radical (unpaired) electrons. The molecule has 0 N–H and O–H groups in total. The topological polar surface area (TPSA) is 29.5 Å². The van der Waals surface area contributed by atoms with Crippen molar-refractivity contribution in [1.29, 1.82) is 0 Å². The number of nitrogens with zero attached hydrogens (tertiary/aromatic N) is 1. The van der Waals surface area contributed by atoms with Gasteiger partial charge in [0.15, 0.2) is 5.67 Å². The fraction of sp³-hybridized carbons (Fsp3) is 0.923. The number of carbonyl (C=O) groups is 1. The summed E-state index contributed by atoms with van der Waals surface area (Å²) in [6.07, 6.45) is 3.86. The Balaban J connectivity index is 1.64. The fourth-order valence-electron chi connectivity index (χ4n) is 3.11. The first kappa shape index (κ1) is 11.5. The number of likely N-dealkylation sites (tertiary alicyclic amines) is 1. The Morgan fingerprint density at radius 1 is 1.47 bits per heavy atom. The first-order valence-corrected chi connectivity index (χ1v) is 6.69. The number of hydrogen-bond donors (Lipinski definition) is 0. The number of halogens is 1. The quantitative estimate of drug-likeness (QED) is 0.739. The zero-order valence-corrected chi connectivity index (χ0v) is 10.4. The van der Waals surface area contributed by atoms with Crippen molar-refractivity contribution in [3.05, 3.63) is 0 Å². The minimum absolute atomic E-state index is 0.151. The molecule has 3 fully saturated rings. The molecule has 1 saturated carbocycles. The van der Waals surface area contributed by atoms with E-state index in [9.17, 15) is 9.18 Å². The Morgan fingerprint density at radius 3 is 2.82 bits per heavy atom. The molecular formula is C13H20FNO2. The van der Waals surface area contributed by atoms with Crippen LogP contribution in [0.1, 0.15) is 39.0 Å². The van der Waals surface area contributed by atoms with E-state index in [1.165, 1.54) is 0 Å². The van der Waals surface area contributed by atoms with Crippen LogP contribution in [0, 0.1) is 5.92 Å². The minimum atomic E-state index is -1.52.